The number of carbonyl (C=O) groups excluding carboxylic acids is 1. The molecule has 3 aromatic rings. The van der Waals surface area contributed by atoms with E-state index in [-0.39, 0.29) is 11.5 Å². The first-order valence-electron chi connectivity index (χ1n) is 8.92. The molecule has 0 aliphatic carbocycles. The minimum absolute atomic E-state index is 0.0664. The molecule has 0 fully saturated rings. The Morgan fingerprint density at radius 1 is 1.32 bits per heavy atom. The molecule has 2 aromatic heterocycles. The van der Waals surface area contributed by atoms with Crippen LogP contribution in [0.1, 0.15) is 41.6 Å². The van der Waals surface area contributed by atoms with E-state index in [0.29, 0.717) is 27.8 Å². The van der Waals surface area contributed by atoms with Gasteiger partial charge in [0, 0.05) is 28.0 Å². The van der Waals surface area contributed by atoms with Crippen molar-refractivity contribution >= 4 is 29.1 Å². The van der Waals surface area contributed by atoms with Gasteiger partial charge in [-0.05, 0) is 52.0 Å². The second kappa shape index (κ2) is 8.41. The van der Waals surface area contributed by atoms with Gasteiger partial charge in [-0.1, -0.05) is 23.4 Å². The van der Waals surface area contributed by atoms with Gasteiger partial charge in [0.15, 0.2) is 11.6 Å². The van der Waals surface area contributed by atoms with E-state index in [0.717, 1.165) is 22.5 Å². The SMILES string of the molecule is COc1ccc(Cl)cc1-c1nc(SCC(=O)c2cc(C)n(C(C)C)c2C)n[nH]1. The Morgan fingerprint density at radius 3 is 2.71 bits per heavy atom. The smallest absolute Gasteiger partial charge is 0.209 e. The van der Waals surface area contributed by atoms with Gasteiger partial charge in [0.05, 0.1) is 18.4 Å². The Hall–Kier alpha value is -2.25. The van der Waals surface area contributed by atoms with E-state index >= 15 is 0 Å². The quantitative estimate of drug-likeness (QED) is 0.426. The molecule has 0 unspecified atom stereocenters. The zero-order chi connectivity index (χ0) is 20.4. The summed E-state index contributed by atoms with van der Waals surface area (Å²) in [5.74, 6) is 1.53. The van der Waals surface area contributed by atoms with Crippen LogP contribution in [-0.2, 0) is 0 Å². The second-order valence-electron chi connectivity index (χ2n) is 6.77. The molecule has 1 N–H and O–H groups in total. The Kier molecular flexibility index (Phi) is 6.15. The first-order valence-corrected chi connectivity index (χ1v) is 10.3. The number of aromatic nitrogens is 4. The molecule has 8 heteroatoms. The van der Waals surface area contributed by atoms with Crippen LogP contribution in [0.4, 0.5) is 0 Å². The normalized spacial score (nSPS) is 11.2. The summed E-state index contributed by atoms with van der Waals surface area (Å²) in [6, 6.07) is 7.57. The third-order valence-corrected chi connectivity index (χ3v) is 5.60. The number of benzene rings is 1. The summed E-state index contributed by atoms with van der Waals surface area (Å²) in [5.41, 5.74) is 3.57. The molecule has 0 saturated carbocycles. The molecule has 0 atom stereocenters. The van der Waals surface area contributed by atoms with Gasteiger partial charge in [-0.15, -0.1) is 5.10 Å². The van der Waals surface area contributed by atoms with Gasteiger partial charge in [-0.3, -0.25) is 9.89 Å². The molecule has 0 spiro atoms. The number of methoxy groups -OCH3 is 1. The van der Waals surface area contributed by atoms with Crippen molar-refractivity contribution in [3.8, 4) is 17.1 Å². The van der Waals surface area contributed by atoms with Crippen LogP contribution in [0.2, 0.25) is 5.02 Å². The Labute approximate surface area is 173 Å². The Morgan fingerprint density at radius 2 is 2.07 bits per heavy atom. The number of ketones is 1. The molecule has 0 aliphatic heterocycles. The highest BCUT2D eigenvalue weighted by molar-refractivity contribution is 7.99. The Balaban J connectivity index is 1.74. The number of carbonyl (C=O) groups is 1. The molecular formula is C20H23ClN4O2S. The largest absolute Gasteiger partial charge is 0.496 e. The number of thioether (sulfide) groups is 1. The van der Waals surface area contributed by atoms with Crippen molar-refractivity contribution in [2.24, 2.45) is 0 Å². The maximum atomic E-state index is 12.7. The van der Waals surface area contributed by atoms with Crippen molar-refractivity contribution in [3.63, 3.8) is 0 Å². The van der Waals surface area contributed by atoms with E-state index in [1.54, 1.807) is 25.3 Å². The lowest BCUT2D eigenvalue weighted by atomic mass is 10.2. The number of aryl methyl sites for hydroxylation is 1. The number of halogens is 1. The number of hydrogen-bond acceptors (Lipinski definition) is 5. The summed E-state index contributed by atoms with van der Waals surface area (Å²) in [6.45, 7) is 8.24. The van der Waals surface area contributed by atoms with Crippen LogP contribution in [0.3, 0.4) is 0 Å². The molecule has 0 aliphatic rings. The van der Waals surface area contributed by atoms with Gasteiger partial charge in [0.25, 0.3) is 0 Å². The van der Waals surface area contributed by atoms with Crippen molar-refractivity contribution in [1.29, 1.82) is 0 Å². The highest BCUT2D eigenvalue weighted by Crippen LogP contribution is 2.31. The van der Waals surface area contributed by atoms with Crippen molar-refractivity contribution in [2.45, 2.75) is 38.9 Å². The third kappa shape index (κ3) is 4.10. The molecule has 2 heterocycles. The number of Topliss-reactive ketones (excluding diaryl/α,β-unsaturated/α-hetero) is 1. The number of nitrogens with zero attached hydrogens (tertiary/aromatic N) is 3. The number of ether oxygens (including phenoxy) is 1. The summed E-state index contributed by atoms with van der Waals surface area (Å²) in [4.78, 5) is 17.2. The van der Waals surface area contributed by atoms with Gasteiger partial charge in [-0.25, -0.2) is 4.98 Å². The minimum atomic E-state index is 0.0664. The minimum Gasteiger partial charge on any atom is -0.496 e. The maximum Gasteiger partial charge on any atom is 0.209 e. The number of rotatable bonds is 7. The van der Waals surface area contributed by atoms with E-state index in [1.165, 1.54) is 11.8 Å². The zero-order valence-corrected chi connectivity index (χ0v) is 18.1. The fourth-order valence-electron chi connectivity index (χ4n) is 3.36. The van der Waals surface area contributed by atoms with Crippen LogP contribution in [0.15, 0.2) is 29.4 Å². The summed E-state index contributed by atoms with van der Waals surface area (Å²) in [5, 5.41) is 8.18. The molecule has 0 radical (unpaired) electrons. The van der Waals surface area contributed by atoms with Crippen LogP contribution >= 0.6 is 23.4 Å². The molecule has 0 bridgehead atoms. The van der Waals surface area contributed by atoms with Crippen molar-refractivity contribution in [3.05, 3.63) is 46.2 Å². The number of H-pyrrole nitrogens is 1. The average Bonchev–Trinajstić information content (AvgIpc) is 3.23. The van der Waals surface area contributed by atoms with E-state index in [4.69, 9.17) is 16.3 Å². The third-order valence-electron chi connectivity index (χ3n) is 4.52. The van der Waals surface area contributed by atoms with Crippen molar-refractivity contribution < 1.29 is 9.53 Å². The van der Waals surface area contributed by atoms with E-state index in [2.05, 4.69) is 33.6 Å². The lowest BCUT2D eigenvalue weighted by Gasteiger charge is -2.13. The molecule has 148 valence electrons. The van der Waals surface area contributed by atoms with Gasteiger partial charge in [-0.2, -0.15) is 0 Å². The Bertz CT molecular complexity index is 1010. The molecule has 1 aromatic carbocycles. The number of nitrogens with one attached hydrogen (secondary N) is 1. The lowest BCUT2D eigenvalue weighted by Crippen LogP contribution is -2.08. The standard InChI is InChI=1S/C20H23ClN4O2S/c1-11(2)25-12(3)8-15(13(25)4)17(26)10-28-20-22-19(23-24-20)16-9-14(21)6-7-18(16)27-5/h6-9,11H,10H2,1-5H3,(H,22,23,24). The van der Waals surface area contributed by atoms with Gasteiger partial charge in [0.2, 0.25) is 5.16 Å². The van der Waals surface area contributed by atoms with Crippen LogP contribution in [-0.4, -0.2) is 38.4 Å². The van der Waals surface area contributed by atoms with Crippen LogP contribution < -0.4 is 4.74 Å². The fourth-order valence-corrected chi connectivity index (χ4v) is 4.21. The predicted octanol–water partition coefficient (Wildman–Crippen LogP) is 5.11. The zero-order valence-electron chi connectivity index (χ0n) is 16.5. The van der Waals surface area contributed by atoms with Crippen molar-refractivity contribution in [2.75, 3.05) is 12.9 Å². The van der Waals surface area contributed by atoms with Crippen LogP contribution in [0.25, 0.3) is 11.4 Å². The second-order valence-corrected chi connectivity index (χ2v) is 8.15. The summed E-state index contributed by atoms with van der Waals surface area (Å²) < 4.78 is 7.53. The molecule has 3 rings (SSSR count). The lowest BCUT2D eigenvalue weighted by molar-refractivity contribution is 0.102. The highest BCUT2D eigenvalue weighted by atomic mass is 35.5. The van der Waals surface area contributed by atoms with Gasteiger partial charge >= 0.3 is 0 Å². The summed E-state index contributed by atoms with van der Waals surface area (Å²) >= 11 is 7.39. The van der Waals surface area contributed by atoms with Gasteiger partial charge < -0.3 is 9.30 Å². The number of hydrogen-bond donors (Lipinski definition) is 1. The van der Waals surface area contributed by atoms with Gasteiger partial charge in [0.1, 0.15) is 5.75 Å². The number of aromatic amines is 1. The first-order chi connectivity index (χ1) is 13.3. The highest BCUT2D eigenvalue weighted by Gasteiger charge is 2.18. The van der Waals surface area contributed by atoms with E-state index in [9.17, 15) is 4.79 Å². The summed E-state index contributed by atoms with van der Waals surface area (Å²) in [7, 11) is 1.59. The van der Waals surface area contributed by atoms with Crippen molar-refractivity contribution in [1.82, 2.24) is 19.7 Å². The summed E-state index contributed by atoms with van der Waals surface area (Å²) in [6.07, 6.45) is 0. The fraction of sp³-hybridized carbons (Fsp3) is 0.350. The topological polar surface area (TPSA) is 72.8 Å². The van der Waals surface area contributed by atoms with E-state index in [1.807, 2.05) is 19.9 Å². The molecule has 0 amide bonds. The molecule has 0 saturated heterocycles. The van der Waals surface area contributed by atoms with Crippen LogP contribution in [0, 0.1) is 13.8 Å². The maximum absolute atomic E-state index is 12.7. The monoisotopic (exact) mass is 418 g/mol. The first kappa shape index (κ1) is 20.5. The molecular weight excluding hydrogens is 396 g/mol. The molecule has 6 nitrogen and oxygen atoms in total. The van der Waals surface area contributed by atoms with E-state index < -0.39 is 0 Å². The average molecular weight is 419 g/mol. The predicted molar refractivity (Wildman–Crippen MR) is 113 cm³/mol. The van der Waals surface area contributed by atoms with Crippen LogP contribution in [0.5, 0.6) is 5.75 Å². The molecule has 28 heavy (non-hydrogen) atoms.